The predicted molar refractivity (Wildman–Crippen MR) is 40.2 cm³/mol. The highest BCUT2D eigenvalue weighted by atomic mass is 35.5. The summed E-state index contributed by atoms with van der Waals surface area (Å²) < 4.78 is 1.07. The van der Waals surface area contributed by atoms with E-state index in [1.165, 1.54) is 15.2 Å². The van der Waals surface area contributed by atoms with Gasteiger partial charge >= 0.3 is 0 Å². The van der Waals surface area contributed by atoms with Gasteiger partial charge in [0.15, 0.2) is 0 Å². The Kier molecular flexibility index (Phi) is 2.34. The van der Waals surface area contributed by atoms with Crippen LogP contribution < -0.4 is 0 Å². The molecule has 1 aliphatic heterocycles. The van der Waals surface area contributed by atoms with Gasteiger partial charge in [0, 0.05) is 23.7 Å². The molecule has 0 aromatic carbocycles. The van der Waals surface area contributed by atoms with Gasteiger partial charge in [-0.15, -0.1) is 11.6 Å². The second kappa shape index (κ2) is 2.66. The zero-order valence-electron chi connectivity index (χ0n) is 3.60. The largest absolute Gasteiger partial charge is 0.295 e. The summed E-state index contributed by atoms with van der Waals surface area (Å²) >= 11 is 13.4. The lowest BCUT2D eigenvalue weighted by molar-refractivity contribution is 1.28. The Labute approximate surface area is 65.8 Å². The molecule has 46 valence electrons. The molecule has 1 atom stereocenters. The first-order chi connectivity index (χ1) is 3.70. The second-order valence-corrected chi connectivity index (χ2v) is 4.79. The van der Waals surface area contributed by atoms with E-state index < -0.39 is 0 Å². The molecule has 0 aromatic rings. The Morgan fingerprint density at radius 3 is 2.50 bits per heavy atom. The van der Waals surface area contributed by atoms with Gasteiger partial charge in [0.25, 0.3) is 0 Å². The lowest BCUT2D eigenvalue weighted by Crippen LogP contribution is -1.94. The SMILES string of the molecule is N=C1SN(Cl)SC1Cl. The fourth-order valence-electron chi connectivity index (χ4n) is 0.261. The molecule has 0 aliphatic carbocycles. The highest BCUT2D eigenvalue weighted by Gasteiger charge is 2.26. The van der Waals surface area contributed by atoms with E-state index >= 15 is 0 Å². The fourth-order valence-corrected chi connectivity index (χ4v) is 2.75. The molecule has 8 heavy (non-hydrogen) atoms. The molecule has 1 fully saturated rings. The highest BCUT2D eigenvalue weighted by molar-refractivity contribution is 8.27. The van der Waals surface area contributed by atoms with Crippen molar-refractivity contribution in [1.82, 2.24) is 3.23 Å². The maximum Gasteiger partial charge on any atom is 0.144 e. The third-order valence-electron chi connectivity index (χ3n) is 0.552. The monoisotopic (exact) mass is 188 g/mol. The van der Waals surface area contributed by atoms with Crippen molar-refractivity contribution in [2.75, 3.05) is 0 Å². The molecule has 1 heterocycles. The zero-order chi connectivity index (χ0) is 6.15. The summed E-state index contributed by atoms with van der Waals surface area (Å²) in [6, 6.07) is 0. The van der Waals surface area contributed by atoms with E-state index in [2.05, 4.69) is 0 Å². The lowest BCUT2D eigenvalue weighted by atomic mass is 10.9. The number of alkyl halides is 1. The molecule has 0 aromatic heterocycles. The maximum absolute atomic E-state index is 7.07. The Balaban J connectivity index is 2.51. The van der Waals surface area contributed by atoms with Crippen LogP contribution in [0.2, 0.25) is 0 Å². The normalized spacial score (nSPS) is 31.8. The van der Waals surface area contributed by atoms with E-state index in [-0.39, 0.29) is 4.71 Å². The minimum atomic E-state index is -0.280. The van der Waals surface area contributed by atoms with Gasteiger partial charge < -0.3 is 0 Å². The van der Waals surface area contributed by atoms with Gasteiger partial charge in [-0.3, -0.25) is 5.41 Å². The first-order valence-corrected chi connectivity index (χ1v) is 4.12. The van der Waals surface area contributed by atoms with Crippen LogP contribution in [0.15, 0.2) is 0 Å². The molecule has 0 bridgehead atoms. The van der Waals surface area contributed by atoms with Crippen molar-refractivity contribution in [3.8, 4) is 0 Å². The van der Waals surface area contributed by atoms with Crippen LogP contribution in [0.1, 0.15) is 0 Å². The molecule has 6 heteroatoms. The molecular formula is C2H2Cl2N2S2. The Bertz CT molecular complexity index is 119. The standard InChI is InChI=1S/C2H2Cl2N2S2/c3-1-2(5)8-6(4)7-1/h1,5H. The van der Waals surface area contributed by atoms with Crippen molar-refractivity contribution >= 4 is 52.3 Å². The van der Waals surface area contributed by atoms with Crippen molar-refractivity contribution in [2.45, 2.75) is 4.71 Å². The second-order valence-electron chi connectivity index (χ2n) is 1.09. The average Bonchev–Trinajstić information content (AvgIpc) is 1.85. The van der Waals surface area contributed by atoms with Gasteiger partial charge in [-0.05, 0) is 11.9 Å². The molecule has 0 radical (unpaired) electrons. The number of nitrogens with zero attached hydrogens (tertiary/aromatic N) is 1. The van der Waals surface area contributed by atoms with E-state index in [4.69, 9.17) is 28.8 Å². The molecule has 1 rings (SSSR count). The van der Waals surface area contributed by atoms with Gasteiger partial charge in [-0.25, -0.2) is 0 Å². The quantitative estimate of drug-likeness (QED) is 0.360. The molecule has 1 saturated heterocycles. The van der Waals surface area contributed by atoms with Crippen molar-refractivity contribution < 1.29 is 0 Å². The molecular weight excluding hydrogens is 187 g/mol. The number of rotatable bonds is 0. The van der Waals surface area contributed by atoms with E-state index in [1.807, 2.05) is 0 Å². The zero-order valence-corrected chi connectivity index (χ0v) is 6.74. The summed E-state index contributed by atoms with van der Waals surface area (Å²) in [7, 11) is 0. The summed E-state index contributed by atoms with van der Waals surface area (Å²) in [4.78, 5) is 0. The molecule has 0 spiro atoms. The molecule has 1 N–H and O–H groups in total. The van der Waals surface area contributed by atoms with E-state index in [1.54, 1.807) is 0 Å². The molecule has 1 aliphatic rings. The molecule has 1 unspecified atom stereocenters. The van der Waals surface area contributed by atoms with Crippen LogP contribution in [-0.2, 0) is 0 Å². The van der Waals surface area contributed by atoms with Crippen molar-refractivity contribution in [3.63, 3.8) is 0 Å². The fraction of sp³-hybridized carbons (Fsp3) is 0.500. The molecule has 0 saturated carbocycles. The van der Waals surface area contributed by atoms with Gasteiger partial charge in [0.2, 0.25) is 0 Å². The van der Waals surface area contributed by atoms with Crippen LogP contribution in [0, 0.1) is 5.41 Å². The minimum Gasteiger partial charge on any atom is -0.295 e. The molecule has 0 amide bonds. The number of hydrogen-bond acceptors (Lipinski definition) is 4. The lowest BCUT2D eigenvalue weighted by Gasteiger charge is -1.93. The van der Waals surface area contributed by atoms with Crippen LogP contribution in [0.4, 0.5) is 0 Å². The first kappa shape index (κ1) is 7.02. The van der Waals surface area contributed by atoms with Gasteiger partial charge in [0.05, 0.1) is 0 Å². The van der Waals surface area contributed by atoms with Crippen LogP contribution >= 0.6 is 47.3 Å². The van der Waals surface area contributed by atoms with Crippen molar-refractivity contribution in [3.05, 3.63) is 0 Å². The molecule has 2 nitrogen and oxygen atoms in total. The van der Waals surface area contributed by atoms with Gasteiger partial charge in [-0.1, -0.05) is 3.23 Å². The first-order valence-electron chi connectivity index (χ1n) is 1.73. The summed E-state index contributed by atoms with van der Waals surface area (Å²) in [6.07, 6.45) is 0. The van der Waals surface area contributed by atoms with Gasteiger partial charge in [0.1, 0.15) is 9.75 Å². The summed E-state index contributed by atoms with van der Waals surface area (Å²) in [5.41, 5.74) is 0. The smallest absolute Gasteiger partial charge is 0.144 e. The summed E-state index contributed by atoms with van der Waals surface area (Å²) in [5.74, 6) is 0. The minimum absolute atomic E-state index is 0.280. The summed E-state index contributed by atoms with van der Waals surface area (Å²) in [6.45, 7) is 0. The van der Waals surface area contributed by atoms with E-state index in [9.17, 15) is 0 Å². The maximum atomic E-state index is 7.07. The summed E-state index contributed by atoms with van der Waals surface area (Å²) in [5, 5.41) is 7.46. The Morgan fingerprint density at radius 1 is 1.75 bits per heavy atom. The van der Waals surface area contributed by atoms with E-state index in [0.717, 1.165) is 11.9 Å². The number of nitrogens with one attached hydrogen (secondary N) is 1. The van der Waals surface area contributed by atoms with E-state index in [0.29, 0.717) is 5.04 Å². The Morgan fingerprint density at radius 2 is 2.38 bits per heavy atom. The average molecular weight is 189 g/mol. The Hall–Kier alpha value is 0.910. The van der Waals surface area contributed by atoms with Crippen molar-refractivity contribution in [2.24, 2.45) is 0 Å². The van der Waals surface area contributed by atoms with Crippen LogP contribution in [-0.4, -0.2) is 13.0 Å². The number of hydrogen-bond donors (Lipinski definition) is 1. The third-order valence-corrected chi connectivity index (χ3v) is 3.38. The third kappa shape index (κ3) is 1.45. The number of halogens is 2. The van der Waals surface area contributed by atoms with Crippen LogP contribution in [0.25, 0.3) is 0 Å². The van der Waals surface area contributed by atoms with Crippen molar-refractivity contribution in [1.29, 1.82) is 5.41 Å². The van der Waals surface area contributed by atoms with Gasteiger partial charge in [-0.2, -0.15) is 0 Å². The highest BCUT2D eigenvalue weighted by Crippen LogP contribution is 2.41. The topological polar surface area (TPSA) is 27.1 Å². The van der Waals surface area contributed by atoms with Crippen LogP contribution in [0.5, 0.6) is 0 Å². The predicted octanol–water partition coefficient (Wildman–Crippen LogP) is 2.29. The van der Waals surface area contributed by atoms with Crippen LogP contribution in [0.3, 0.4) is 0 Å².